The van der Waals surface area contributed by atoms with Gasteiger partial charge in [0.25, 0.3) is 5.96 Å². The SMILES string of the molecule is NC(=NCCCCCCCCC(=O)N[C@H](N)CC(=O)OCc1ccccc1)N[N+](=O)[O-]. The second-order valence-electron chi connectivity index (χ2n) is 7.03. The molecular weight excluding hydrogens is 404 g/mol. The van der Waals surface area contributed by atoms with Crippen LogP contribution in [0.3, 0.4) is 0 Å². The Morgan fingerprint density at radius 1 is 1.10 bits per heavy atom. The summed E-state index contributed by atoms with van der Waals surface area (Å²) in [5, 5.41) is 12.0. The number of rotatable bonds is 15. The molecular formula is C20H32N6O5. The monoisotopic (exact) mass is 436 g/mol. The van der Waals surface area contributed by atoms with Crippen LogP contribution in [-0.2, 0) is 20.9 Å². The number of aliphatic imine (C=N–C) groups is 1. The quantitative estimate of drug-likeness (QED) is 0.0606. The van der Waals surface area contributed by atoms with Crippen molar-refractivity contribution in [2.24, 2.45) is 16.5 Å². The number of nitrogens with two attached hydrogens (primary N) is 2. The highest BCUT2D eigenvalue weighted by Gasteiger charge is 2.13. The van der Waals surface area contributed by atoms with Crippen LogP contribution >= 0.6 is 0 Å². The lowest BCUT2D eigenvalue weighted by Gasteiger charge is -2.13. The van der Waals surface area contributed by atoms with Gasteiger partial charge in [0.05, 0.1) is 12.6 Å². The predicted octanol–water partition coefficient (Wildman–Crippen LogP) is 1.35. The number of carbonyl (C=O) groups excluding carboxylic acids is 2. The zero-order valence-electron chi connectivity index (χ0n) is 17.6. The number of hydrogen-bond acceptors (Lipinski definition) is 7. The highest BCUT2D eigenvalue weighted by atomic mass is 16.7. The van der Waals surface area contributed by atoms with E-state index in [9.17, 15) is 19.7 Å². The van der Waals surface area contributed by atoms with Gasteiger partial charge in [0.1, 0.15) is 6.61 Å². The maximum atomic E-state index is 11.9. The second-order valence-corrected chi connectivity index (χ2v) is 7.03. The fourth-order valence-corrected chi connectivity index (χ4v) is 2.74. The van der Waals surface area contributed by atoms with Gasteiger partial charge in [-0.1, -0.05) is 61.4 Å². The average molecular weight is 437 g/mol. The molecule has 0 bridgehead atoms. The number of hydrazine groups is 1. The average Bonchev–Trinajstić information content (AvgIpc) is 2.71. The number of benzene rings is 1. The van der Waals surface area contributed by atoms with Crippen LogP contribution < -0.4 is 22.2 Å². The van der Waals surface area contributed by atoms with Gasteiger partial charge >= 0.3 is 5.97 Å². The molecule has 1 aromatic rings. The lowest BCUT2D eigenvalue weighted by atomic mass is 10.1. The summed E-state index contributed by atoms with van der Waals surface area (Å²) in [5.74, 6) is -0.845. The number of guanidine groups is 1. The van der Waals surface area contributed by atoms with Gasteiger partial charge < -0.3 is 21.5 Å². The van der Waals surface area contributed by atoms with Gasteiger partial charge in [0, 0.05) is 13.0 Å². The summed E-state index contributed by atoms with van der Waals surface area (Å²) in [6, 6.07) is 9.32. The van der Waals surface area contributed by atoms with Crippen LogP contribution in [0.4, 0.5) is 0 Å². The molecule has 0 aliphatic rings. The van der Waals surface area contributed by atoms with E-state index < -0.39 is 17.2 Å². The molecule has 1 aromatic carbocycles. The summed E-state index contributed by atoms with van der Waals surface area (Å²) < 4.78 is 5.15. The van der Waals surface area contributed by atoms with E-state index in [1.165, 1.54) is 0 Å². The molecule has 0 fully saturated rings. The predicted molar refractivity (Wildman–Crippen MR) is 116 cm³/mol. The van der Waals surface area contributed by atoms with E-state index in [1.54, 1.807) is 5.43 Å². The van der Waals surface area contributed by atoms with Crippen molar-refractivity contribution in [1.29, 1.82) is 0 Å². The molecule has 172 valence electrons. The number of amides is 1. The molecule has 0 radical (unpaired) electrons. The van der Waals surface area contributed by atoms with E-state index >= 15 is 0 Å². The highest BCUT2D eigenvalue weighted by Crippen LogP contribution is 2.07. The second kappa shape index (κ2) is 15.6. The van der Waals surface area contributed by atoms with E-state index in [0.717, 1.165) is 44.1 Å². The topological polar surface area (TPSA) is 175 Å². The van der Waals surface area contributed by atoms with Crippen molar-refractivity contribution in [3.8, 4) is 0 Å². The van der Waals surface area contributed by atoms with E-state index in [-0.39, 0.29) is 24.9 Å². The molecule has 1 rings (SSSR count). The van der Waals surface area contributed by atoms with Crippen molar-refractivity contribution >= 4 is 17.8 Å². The summed E-state index contributed by atoms with van der Waals surface area (Å²) in [7, 11) is 0. The van der Waals surface area contributed by atoms with Gasteiger partial charge in [-0.3, -0.25) is 9.59 Å². The molecule has 6 N–H and O–H groups in total. The van der Waals surface area contributed by atoms with E-state index in [1.807, 2.05) is 30.3 Å². The van der Waals surface area contributed by atoms with Gasteiger partial charge in [0.2, 0.25) is 5.91 Å². The van der Waals surface area contributed by atoms with E-state index in [0.29, 0.717) is 13.0 Å². The summed E-state index contributed by atoms with van der Waals surface area (Å²) in [6.45, 7) is 0.608. The summed E-state index contributed by atoms with van der Waals surface area (Å²) >= 11 is 0. The Balaban J connectivity index is 2.01. The molecule has 0 aromatic heterocycles. The van der Waals surface area contributed by atoms with Gasteiger partial charge in [-0.25, -0.2) is 15.1 Å². The summed E-state index contributed by atoms with van der Waals surface area (Å²) in [6.07, 6.45) is 4.79. The van der Waals surface area contributed by atoms with Crippen molar-refractivity contribution in [3.63, 3.8) is 0 Å². The van der Waals surface area contributed by atoms with Crippen LogP contribution in [0, 0.1) is 10.1 Å². The first-order chi connectivity index (χ1) is 14.9. The third-order valence-corrected chi connectivity index (χ3v) is 4.28. The fourth-order valence-electron chi connectivity index (χ4n) is 2.74. The van der Waals surface area contributed by atoms with Gasteiger partial charge in [0.15, 0.2) is 5.03 Å². The Kier molecular flexibility index (Phi) is 13.0. The number of carbonyl (C=O) groups is 2. The number of nitrogens with zero attached hydrogens (tertiary/aromatic N) is 2. The van der Waals surface area contributed by atoms with Crippen molar-refractivity contribution in [2.45, 2.75) is 64.1 Å². The maximum absolute atomic E-state index is 11.9. The first-order valence-electron chi connectivity index (χ1n) is 10.3. The molecule has 0 saturated heterocycles. The Morgan fingerprint density at radius 2 is 1.74 bits per heavy atom. The van der Waals surface area contributed by atoms with Gasteiger partial charge in [-0.2, -0.15) is 0 Å². The first kappa shape index (κ1) is 25.8. The minimum Gasteiger partial charge on any atom is -0.461 e. The molecule has 1 atom stereocenters. The van der Waals surface area contributed by atoms with Crippen LogP contribution in [0.15, 0.2) is 35.3 Å². The number of nitro groups is 1. The molecule has 0 saturated carbocycles. The van der Waals surface area contributed by atoms with Crippen molar-refractivity contribution < 1.29 is 19.4 Å². The van der Waals surface area contributed by atoms with Crippen molar-refractivity contribution in [2.75, 3.05) is 6.54 Å². The lowest BCUT2D eigenvalue weighted by Crippen LogP contribution is -2.43. The maximum Gasteiger partial charge on any atom is 0.309 e. The van der Waals surface area contributed by atoms with E-state index in [4.69, 9.17) is 16.2 Å². The lowest BCUT2D eigenvalue weighted by molar-refractivity contribution is -0.525. The zero-order valence-corrected chi connectivity index (χ0v) is 17.6. The minimum absolute atomic E-state index is 0.0806. The third-order valence-electron chi connectivity index (χ3n) is 4.28. The summed E-state index contributed by atoms with van der Waals surface area (Å²) in [5.41, 5.74) is 13.8. The van der Waals surface area contributed by atoms with Gasteiger partial charge in [-0.15, -0.1) is 0 Å². The number of unbranched alkanes of at least 4 members (excludes halogenated alkanes) is 5. The van der Waals surface area contributed by atoms with Crippen molar-refractivity contribution in [1.82, 2.24) is 10.7 Å². The van der Waals surface area contributed by atoms with Crippen LogP contribution in [0.1, 0.15) is 56.9 Å². The van der Waals surface area contributed by atoms with E-state index in [2.05, 4.69) is 10.3 Å². The Bertz CT molecular complexity index is 713. The smallest absolute Gasteiger partial charge is 0.309 e. The standard InChI is InChI=1S/C20H32N6O5/c21-17(14-19(28)31-15-16-10-6-5-7-11-16)24-18(27)12-8-3-1-2-4-9-13-23-20(22)25-26(29)30/h5-7,10-11,17H,1-4,8-9,12-15,21H2,(H,24,27)(H3,22,23,25)/t17-/m0/s1. The Hall–Kier alpha value is -3.21. The molecule has 0 heterocycles. The summed E-state index contributed by atoms with van der Waals surface area (Å²) in [4.78, 5) is 37.7. The molecule has 1 amide bonds. The highest BCUT2D eigenvalue weighted by molar-refractivity contribution is 5.77. The van der Waals surface area contributed by atoms with Gasteiger partial charge in [-0.05, 0) is 18.4 Å². The fraction of sp³-hybridized carbons (Fsp3) is 0.550. The molecule has 0 spiro atoms. The van der Waals surface area contributed by atoms with Crippen LogP contribution in [0.25, 0.3) is 0 Å². The first-order valence-corrected chi connectivity index (χ1v) is 10.3. The van der Waals surface area contributed by atoms with Crippen LogP contribution in [0.2, 0.25) is 0 Å². The van der Waals surface area contributed by atoms with Crippen LogP contribution in [-0.4, -0.2) is 35.6 Å². The number of ether oxygens (including phenoxy) is 1. The zero-order chi connectivity index (χ0) is 22.9. The molecule has 0 unspecified atom stereocenters. The number of esters is 1. The molecule has 11 nitrogen and oxygen atoms in total. The minimum atomic E-state index is -0.770. The third kappa shape index (κ3) is 14.4. The molecule has 0 aliphatic heterocycles. The van der Waals surface area contributed by atoms with Crippen LogP contribution in [0.5, 0.6) is 0 Å². The molecule has 0 aliphatic carbocycles. The Morgan fingerprint density at radius 3 is 2.42 bits per heavy atom. The molecule has 31 heavy (non-hydrogen) atoms. The Labute approximate surface area is 181 Å². The largest absolute Gasteiger partial charge is 0.461 e. The molecule has 11 heteroatoms. The number of hydrogen-bond donors (Lipinski definition) is 4. The normalized spacial score (nSPS) is 12.1. The number of nitrogens with one attached hydrogen (secondary N) is 2. The van der Waals surface area contributed by atoms with Crippen molar-refractivity contribution in [3.05, 3.63) is 46.0 Å².